The lowest BCUT2D eigenvalue weighted by atomic mass is 10.1. The Balaban J connectivity index is 2.63. The molecule has 108 valence electrons. The minimum absolute atomic E-state index is 0.257. The van der Waals surface area contributed by atoms with Crippen LogP contribution in [0, 0.1) is 0 Å². The summed E-state index contributed by atoms with van der Waals surface area (Å²) in [5.74, 6) is 0. The van der Waals surface area contributed by atoms with Gasteiger partial charge in [-0.15, -0.1) is 0 Å². The van der Waals surface area contributed by atoms with Crippen LogP contribution in [0.2, 0.25) is 0 Å². The molecule has 1 unspecified atom stereocenters. The summed E-state index contributed by atoms with van der Waals surface area (Å²) in [5, 5.41) is 12.4. The highest BCUT2D eigenvalue weighted by Gasteiger charge is 2.06. The van der Waals surface area contributed by atoms with Gasteiger partial charge in [0.25, 0.3) is 0 Å². The van der Waals surface area contributed by atoms with E-state index in [9.17, 15) is 0 Å². The molecular formula is C16H28N2O. The molecule has 0 spiro atoms. The molecule has 0 bridgehead atoms. The zero-order chi connectivity index (χ0) is 14.1. The van der Waals surface area contributed by atoms with Gasteiger partial charge in [0.15, 0.2) is 0 Å². The van der Waals surface area contributed by atoms with E-state index in [4.69, 9.17) is 5.11 Å². The Bertz CT molecular complexity index is 337. The van der Waals surface area contributed by atoms with Crippen LogP contribution in [0.3, 0.4) is 0 Å². The highest BCUT2D eigenvalue weighted by molar-refractivity contribution is 5.47. The van der Waals surface area contributed by atoms with E-state index in [1.165, 1.54) is 11.3 Å². The summed E-state index contributed by atoms with van der Waals surface area (Å²) in [7, 11) is 0. The number of nitrogens with one attached hydrogen (secondary N) is 1. The number of anilines is 1. The van der Waals surface area contributed by atoms with Crippen LogP contribution in [0.4, 0.5) is 5.69 Å². The van der Waals surface area contributed by atoms with E-state index in [2.05, 4.69) is 55.3 Å². The molecule has 0 amide bonds. The minimum Gasteiger partial charge on any atom is -0.396 e. The van der Waals surface area contributed by atoms with E-state index in [0.717, 1.165) is 32.5 Å². The van der Waals surface area contributed by atoms with E-state index < -0.39 is 0 Å². The molecule has 1 atom stereocenters. The monoisotopic (exact) mass is 264 g/mol. The van der Waals surface area contributed by atoms with E-state index in [1.54, 1.807) is 0 Å². The Hall–Kier alpha value is -1.06. The van der Waals surface area contributed by atoms with Crippen molar-refractivity contribution in [3.8, 4) is 0 Å². The van der Waals surface area contributed by atoms with Crippen LogP contribution in [0.1, 0.15) is 45.2 Å². The van der Waals surface area contributed by atoms with Crippen molar-refractivity contribution in [3.63, 3.8) is 0 Å². The SMILES string of the molecule is CCCNC(C)c1ccc(N(CC)CCCO)cc1. The van der Waals surface area contributed by atoms with Crippen molar-refractivity contribution in [1.29, 1.82) is 0 Å². The fraction of sp³-hybridized carbons (Fsp3) is 0.625. The predicted octanol–water partition coefficient (Wildman–Crippen LogP) is 2.96. The third-order valence-electron chi connectivity index (χ3n) is 3.43. The second-order valence-electron chi connectivity index (χ2n) is 4.92. The number of aliphatic hydroxyl groups excluding tert-OH is 1. The van der Waals surface area contributed by atoms with Gasteiger partial charge in [-0.2, -0.15) is 0 Å². The van der Waals surface area contributed by atoms with Crippen LogP contribution >= 0.6 is 0 Å². The number of rotatable bonds is 9. The highest BCUT2D eigenvalue weighted by atomic mass is 16.3. The van der Waals surface area contributed by atoms with Crippen LogP contribution in [-0.4, -0.2) is 31.3 Å². The Kier molecular flexibility index (Phi) is 7.53. The number of hydrogen-bond acceptors (Lipinski definition) is 3. The number of aliphatic hydroxyl groups is 1. The van der Waals surface area contributed by atoms with Crippen molar-refractivity contribution in [2.45, 2.75) is 39.7 Å². The first-order chi connectivity index (χ1) is 9.22. The Morgan fingerprint density at radius 3 is 2.42 bits per heavy atom. The average Bonchev–Trinajstić information content (AvgIpc) is 2.46. The lowest BCUT2D eigenvalue weighted by molar-refractivity contribution is 0.289. The Morgan fingerprint density at radius 2 is 1.89 bits per heavy atom. The van der Waals surface area contributed by atoms with Gasteiger partial charge < -0.3 is 15.3 Å². The first kappa shape index (κ1) is 16.0. The molecule has 3 heteroatoms. The molecule has 0 aliphatic carbocycles. The maximum atomic E-state index is 8.92. The first-order valence-corrected chi connectivity index (χ1v) is 7.42. The Morgan fingerprint density at radius 1 is 1.21 bits per heavy atom. The molecule has 0 radical (unpaired) electrons. The molecule has 1 rings (SSSR count). The molecule has 2 N–H and O–H groups in total. The molecule has 0 aromatic heterocycles. The summed E-state index contributed by atoms with van der Waals surface area (Å²) >= 11 is 0. The minimum atomic E-state index is 0.257. The van der Waals surface area contributed by atoms with Gasteiger partial charge in [-0.3, -0.25) is 0 Å². The quantitative estimate of drug-likeness (QED) is 0.720. The van der Waals surface area contributed by atoms with Gasteiger partial charge in [-0.25, -0.2) is 0 Å². The maximum Gasteiger partial charge on any atom is 0.0447 e. The van der Waals surface area contributed by atoms with Crippen LogP contribution in [-0.2, 0) is 0 Å². The normalized spacial score (nSPS) is 12.4. The van der Waals surface area contributed by atoms with Gasteiger partial charge in [-0.05, 0) is 50.9 Å². The van der Waals surface area contributed by atoms with Crippen LogP contribution in [0.15, 0.2) is 24.3 Å². The van der Waals surface area contributed by atoms with E-state index in [0.29, 0.717) is 6.04 Å². The fourth-order valence-corrected chi connectivity index (χ4v) is 2.18. The smallest absolute Gasteiger partial charge is 0.0447 e. The summed E-state index contributed by atoms with van der Waals surface area (Å²) in [6.07, 6.45) is 1.98. The molecule has 0 saturated carbocycles. The topological polar surface area (TPSA) is 35.5 Å². The van der Waals surface area contributed by atoms with E-state index >= 15 is 0 Å². The molecule has 0 aliphatic rings. The van der Waals surface area contributed by atoms with Crippen LogP contribution in [0.25, 0.3) is 0 Å². The van der Waals surface area contributed by atoms with Gasteiger partial charge in [0.2, 0.25) is 0 Å². The molecule has 1 aromatic rings. The molecule has 0 fully saturated rings. The number of nitrogens with zero attached hydrogens (tertiary/aromatic N) is 1. The summed E-state index contributed by atoms with van der Waals surface area (Å²) in [6, 6.07) is 9.16. The van der Waals surface area contributed by atoms with E-state index in [-0.39, 0.29) is 6.61 Å². The molecule has 1 aromatic carbocycles. The number of benzene rings is 1. The lowest BCUT2D eigenvalue weighted by Crippen LogP contribution is -2.24. The fourth-order valence-electron chi connectivity index (χ4n) is 2.18. The van der Waals surface area contributed by atoms with Crippen molar-refractivity contribution in [2.75, 3.05) is 31.1 Å². The van der Waals surface area contributed by atoms with Crippen molar-refractivity contribution in [1.82, 2.24) is 5.32 Å². The van der Waals surface area contributed by atoms with Crippen molar-refractivity contribution in [2.24, 2.45) is 0 Å². The Labute approximate surface area is 117 Å². The molecule has 19 heavy (non-hydrogen) atoms. The first-order valence-electron chi connectivity index (χ1n) is 7.42. The zero-order valence-electron chi connectivity index (χ0n) is 12.5. The zero-order valence-corrected chi connectivity index (χ0v) is 12.5. The van der Waals surface area contributed by atoms with Gasteiger partial charge >= 0.3 is 0 Å². The highest BCUT2D eigenvalue weighted by Crippen LogP contribution is 2.19. The van der Waals surface area contributed by atoms with Crippen molar-refractivity contribution in [3.05, 3.63) is 29.8 Å². The molecule has 0 aliphatic heterocycles. The van der Waals surface area contributed by atoms with Crippen LogP contribution in [0.5, 0.6) is 0 Å². The third-order valence-corrected chi connectivity index (χ3v) is 3.43. The van der Waals surface area contributed by atoms with Gasteiger partial charge in [0.1, 0.15) is 0 Å². The summed E-state index contributed by atoms with van der Waals surface area (Å²) < 4.78 is 0. The summed E-state index contributed by atoms with van der Waals surface area (Å²) in [6.45, 7) is 9.74. The van der Waals surface area contributed by atoms with E-state index in [1.807, 2.05) is 0 Å². The second kappa shape index (κ2) is 8.94. The largest absolute Gasteiger partial charge is 0.396 e. The second-order valence-corrected chi connectivity index (χ2v) is 4.92. The maximum absolute atomic E-state index is 8.92. The molecular weight excluding hydrogens is 236 g/mol. The average molecular weight is 264 g/mol. The van der Waals surface area contributed by atoms with Gasteiger partial charge in [0, 0.05) is 31.4 Å². The van der Waals surface area contributed by atoms with Gasteiger partial charge in [0.05, 0.1) is 0 Å². The predicted molar refractivity (Wildman–Crippen MR) is 82.7 cm³/mol. The number of hydrogen-bond donors (Lipinski definition) is 2. The van der Waals surface area contributed by atoms with Gasteiger partial charge in [-0.1, -0.05) is 19.1 Å². The third kappa shape index (κ3) is 5.21. The molecule has 0 heterocycles. The summed E-state index contributed by atoms with van der Waals surface area (Å²) in [5.41, 5.74) is 2.57. The molecule has 3 nitrogen and oxygen atoms in total. The summed E-state index contributed by atoms with van der Waals surface area (Å²) in [4.78, 5) is 2.30. The van der Waals surface area contributed by atoms with Crippen molar-refractivity contribution >= 4 is 5.69 Å². The lowest BCUT2D eigenvalue weighted by Gasteiger charge is -2.23. The van der Waals surface area contributed by atoms with Crippen molar-refractivity contribution < 1.29 is 5.11 Å². The molecule has 0 saturated heterocycles. The standard InChI is InChI=1S/C16H28N2O/c1-4-11-17-14(3)15-7-9-16(10-8-15)18(5-2)12-6-13-19/h7-10,14,17,19H,4-6,11-13H2,1-3H3. The van der Waals surface area contributed by atoms with Crippen LogP contribution < -0.4 is 10.2 Å².